The molecule has 2 atom stereocenters. The van der Waals surface area contributed by atoms with Crippen molar-refractivity contribution in [2.24, 2.45) is 5.92 Å². The third-order valence-corrected chi connectivity index (χ3v) is 4.81. The number of rotatable bonds is 12. The van der Waals surface area contributed by atoms with Crippen molar-refractivity contribution in [3.8, 4) is 0 Å². The molecular formula is C22H37NO2. The lowest BCUT2D eigenvalue weighted by Crippen LogP contribution is -2.32. The molecule has 2 unspecified atom stereocenters. The van der Waals surface area contributed by atoms with Crippen molar-refractivity contribution in [2.75, 3.05) is 26.8 Å². The molecule has 1 aliphatic carbocycles. The molecule has 142 valence electrons. The Morgan fingerprint density at radius 2 is 2.20 bits per heavy atom. The van der Waals surface area contributed by atoms with Gasteiger partial charge in [-0.15, -0.1) is 0 Å². The standard InChI is InChI=1S/C22H37NO2/c1-6-10-18(8-3)15-23-16-19-12-13-22(24-5)20(14-19)17-25-21(9-4)11-7-2/h7-8,11-12,20,22-23H,2,6,9-10,13-17H2,1,3-5H3/b18-8+,21-11+. The highest BCUT2D eigenvalue weighted by Crippen LogP contribution is 2.27. The average Bonchev–Trinajstić information content (AvgIpc) is 2.64. The van der Waals surface area contributed by atoms with E-state index in [2.05, 4.69) is 44.8 Å². The first kappa shape index (κ1) is 21.7. The first-order valence-corrected chi connectivity index (χ1v) is 9.68. The van der Waals surface area contributed by atoms with E-state index in [9.17, 15) is 0 Å². The van der Waals surface area contributed by atoms with Crippen LogP contribution >= 0.6 is 0 Å². The van der Waals surface area contributed by atoms with Crippen LogP contribution in [0.4, 0.5) is 0 Å². The second-order valence-electron chi connectivity index (χ2n) is 6.67. The topological polar surface area (TPSA) is 30.5 Å². The molecule has 25 heavy (non-hydrogen) atoms. The normalized spacial score (nSPS) is 21.8. The van der Waals surface area contributed by atoms with Gasteiger partial charge in [0, 0.05) is 32.5 Å². The van der Waals surface area contributed by atoms with Crippen molar-refractivity contribution in [1.29, 1.82) is 0 Å². The number of methoxy groups -OCH3 is 1. The van der Waals surface area contributed by atoms with Gasteiger partial charge in [0.05, 0.1) is 18.5 Å². The molecule has 1 aliphatic rings. The van der Waals surface area contributed by atoms with Gasteiger partial charge >= 0.3 is 0 Å². The van der Waals surface area contributed by atoms with Gasteiger partial charge in [-0.2, -0.15) is 0 Å². The highest BCUT2D eigenvalue weighted by molar-refractivity contribution is 5.13. The van der Waals surface area contributed by atoms with E-state index >= 15 is 0 Å². The summed E-state index contributed by atoms with van der Waals surface area (Å²) in [7, 11) is 1.80. The van der Waals surface area contributed by atoms with Gasteiger partial charge in [-0.3, -0.25) is 0 Å². The largest absolute Gasteiger partial charge is 0.498 e. The Bertz CT molecular complexity index is 476. The Morgan fingerprint density at radius 1 is 1.40 bits per heavy atom. The lowest BCUT2D eigenvalue weighted by molar-refractivity contribution is 0.0140. The summed E-state index contributed by atoms with van der Waals surface area (Å²) in [6.45, 7) is 12.9. The minimum Gasteiger partial charge on any atom is -0.498 e. The maximum Gasteiger partial charge on any atom is 0.0956 e. The van der Waals surface area contributed by atoms with Gasteiger partial charge in [0.15, 0.2) is 0 Å². The predicted molar refractivity (Wildman–Crippen MR) is 108 cm³/mol. The summed E-state index contributed by atoms with van der Waals surface area (Å²) in [5, 5.41) is 3.60. The molecule has 3 nitrogen and oxygen atoms in total. The van der Waals surface area contributed by atoms with Crippen molar-refractivity contribution in [2.45, 2.75) is 59.0 Å². The fraction of sp³-hybridized carbons (Fsp3) is 0.636. The van der Waals surface area contributed by atoms with E-state index in [0.717, 1.165) is 38.1 Å². The quantitative estimate of drug-likeness (QED) is 0.300. The molecule has 0 spiro atoms. The van der Waals surface area contributed by atoms with Crippen LogP contribution in [-0.2, 0) is 9.47 Å². The van der Waals surface area contributed by atoms with Crippen LogP contribution in [0.1, 0.15) is 52.9 Å². The van der Waals surface area contributed by atoms with E-state index in [1.165, 1.54) is 24.0 Å². The molecule has 0 aromatic heterocycles. The zero-order valence-electron chi connectivity index (χ0n) is 16.6. The minimum atomic E-state index is 0.247. The highest BCUT2D eigenvalue weighted by Gasteiger charge is 2.26. The molecule has 0 heterocycles. The second-order valence-corrected chi connectivity index (χ2v) is 6.67. The maximum absolute atomic E-state index is 6.00. The molecule has 0 bridgehead atoms. The third-order valence-electron chi connectivity index (χ3n) is 4.81. The van der Waals surface area contributed by atoms with Crippen molar-refractivity contribution in [3.63, 3.8) is 0 Å². The van der Waals surface area contributed by atoms with Crippen LogP contribution in [0.25, 0.3) is 0 Å². The molecular weight excluding hydrogens is 310 g/mol. The molecule has 0 aromatic rings. The zero-order chi connectivity index (χ0) is 18.5. The summed E-state index contributed by atoms with van der Waals surface area (Å²) in [5.41, 5.74) is 2.97. The smallest absolute Gasteiger partial charge is 0.0956 e. The van der Waals surface area contributed by atoms with Crippen LogP contribution in [0, 0.1) is 5.92 Å². The molecule has 0 aromatic carbocycles. The van der Waals surface area contributed by atoms with E-state index < -0.39 is 0 Å². The lowest BCUT2D eigenvalue weighted by Gasteiger charge is -2.31. The Labute approximate surface area is 154 Å². The number of hydrogen-bond acceptors (Lipinski definition) is 3. The van der Waals surface area contributed by atoms with Gasteiger partial charge in [-0.25, -0.2) is 0 Å². The Kier molecular flexibility index (Phi) is 11.3. The Balaban J connectivity index is 2.51. The van der Waals surface area contributed by atoms with Gasteiger partial charge in [-0.1, -0.05) is 56.2 Å². The Morgan fingerprint density at radius 3 is 2.80 bits per heavy atom. The SMILES string of the molecule is C=C/C=C(\CC)OCC1CC(CNC/C(=C/C)CCC)=CCC1OC. The van der Waals surface area contributed by atoms with E-state index in [0.29, 0.717) is 12.5 Å². The fourth-order valence-electron chi connectivity index (χ4n) is 3.28. The fourth-order valence-corrected chi connectivity index (χ4v) is 3.28. The molecule has 0 amide bonds. The van der Waals surface area contributed by atoms with Gasteiger partial charge in [-0.05, 0) is 32.3 Å². The first-order valence-electron chi connectivity index (χ1n) is 9.68. The van der Waals surface area contributed by atoms with Crippen LogP contribution in [-0.4, -0.2) is 32.9 Å². The number of ether oxygens (including phenoxy) is 2. The van der Waals surface area contributed by atoms with Crippen molar-refractivity contribution < 1.29 is 9.47 Å². The van der Waals surface area contributed by atoms with Gasteiger partial charge in [0.25, 0.3) is 0 Å². The molecule has 3 heteroatoms. The Hall–Kier alpha value is -1.32. The zero-order valence-corrected chi connectivity index (χ0v) is 16.6. The number of hydrogen-bond donors (Lipinski definition) is 1. The molecule has 1 rings (SSSR count). The number of allylic oxidation sites excluding steroid dienone is 4. The average molecular weight is 348 g/mol. The summed E-state index contributed by atoms with van der Waals surface area (Å²) >= 11 is 0. The van der Waals surface area contributed by atoms with Gasteiger partial charge in [0.1, 0.15) is 0 Å². The molecule has 0 saturated carbocycles. The van der Waals surface area contributed by atoms with E-state index in [1.807, 2.05) is 6.08 Å². The summed E-state index contributed by atoms with van der Waals surface area (Å²) in [4.78, 5) is 0. The summed E-state index contributed by atoms with van der Waals surface area (Å²) in [6, 6.07) is 0. The summed E-state index contributed by atoms with van der Waals surface area (Å²) < 4.78 is 11.7. The minimum absolute atomic E-state index is 0.247. The lowest BCUT2D eigenvalue weighted by atomic mass is 9.86. The summed E-state index contributed by atoms with van der Waals surface area (Å²) in [6.07, 6.45) is 13.9. The van der Waals surface area contributed by atoms with E-state index in [-0.39, 0.29) is 6.10 Å². The van der Waals surface area contributed by atoms with Gasteiger partial charge in [0.2, 0.25) is 0 Å². The highest BCUT2D eigenvalue weighted by atomic mass is 16.5. The number of nitrogens with one attached hydrogen (secondary N) is 1. The van der Waals surface area contributed by atoms with Crippen LogP contribution in [0.2, 0.25) is 0 Å². The van der Waals surface area contributed by atoms with Crippen molar-refractivity contribution in [1.82, 2.24) is 5.32 Å². The van der Waals surface area contributed by atoms with Gasteiger partial charge < -0.3 is 14.8 Å². The van der Waals surface area contributed by atoms with Crippen LogP contribution in [0.5, 0.6) is 0 Å². The van der Waals surface area contributed by atoms with Crippen LogP contribution < -0.4 is 5.32 Å². The van der Waals surface area contributed by atoms with E-state index in [4.69, 9.17) is 9.47 Å². The maximum atomic E-state index is 6.00. The van der Waals surface area contributed by atoms with Crippen LogP contribution in [0.3, 0.4) is 0 Å². The van der Waals surface area contributed by atoms with E-state index in [1.54, 1.807) is 13.2 Å². The van der Waals surface area contributed by atoms with Crippen molar-refractivity contribution >= 4 is 0 Å². The van der Waals surface area contributed by atoms with Crippen molar-refractivity contribution in [3.05, 3.63) is 47.8 Å². The molecule has 1 N–H and O–H groups in total. The molecule has 0 radical (unpaired) electrons. The van der Waals surface area contributed by atoms with Crippen LogP contribution in [0.15, 0.2) is 47.8 Å². The first-order chi connectivity index (χ1) is 12.2. The predicted octanol–water partition coefficient (Wildman–Crippen LogP) is 5.17. The molecule has 0 fully saturated rings. The molecule has 0 aliphatic heterocycles. The monoisotopic (exact) mass is 347 g/mol. The third kappa shape index (κ3) is 8.06. The molecule has 0 saturated heterocycles. The second kappa shape index (κ2) is 13.0. The summed E-state index contributed by atoms with van der Waals surface area (Å²) in [5.74, 6) is 1.40.